The predicted octanol–water partition coefficient (Wildman–Crippen LogP) is 2.83. The number of halogens is 2. The number of carbonyl (C=O) groups is 3. The number of benzene rings is 1. The zero-order valence-corrected chi connectivity index (χ0v) is 17.2. The van der Waals surface area contributed by atoms with Crippen molar-refractivity contribution in [1.82, 2.24) is 10.2 Å². The van der Waals surface area contributed by atoms with Crippen LogP contribution in [0.2, 0.25) is 5.02 Å². The Morgan fingerprint density at radius 2 is 2.00 bits per heavy atom. The lowest BCUT2D eigenvalue weighted by molar-refractivity contribution is -0.144. The third kappa shape index (κ3) is 6.77. The number of hydrogen-bond donors (Lipinski definition) is 2. The van der Waals surface area contributed by atoms with Gasteiger partial charge in [0.2, 0.25) is 0 Å². The van der Waals surface area contributed by atoms with Crippen molar-refractivity contribution in [2.45, 2.75) is 51.3 Å². The van der Waals surface area contributed by atoms with E-state index in [4.69, 9.17) is 21.1 Å². The minimum Gasteiger partial charge on any atom is -0.484 e. The molecule has 1 aromatic rings. The summed E-state index contributed by atoms with van der Waals surface area (Å²) in [7, 11) is 0. The van der Waals surface area contributed by atoms with Crippen LogP contribution in [0.4, 0.5) is 9.18 Å². The Bertz CT molecular complexity index is 782. The summed E-state index contributed by atoms with van der Waals surface area (Å²) in [5, 5.41) is 12.0. The van der Waals surface area contributed by atoms with Gasteiger partial charge < -0.3 is 19.9 Å². The lowest BCUT2D eigenvalue weighted by atomic mass is 9.98. The molecule has 1 aliphatic rings. The number of amides is 2. The molecule has 1 unspecified atom stereocenters. The fraction of sp³-hybridized carbons (Fsp3) is 0.526. The average Bonchev–Trinajstić information content (AvgIpc) is 2.61. The maximum atomic E-state index is 13.4. The summed E-state index contributed by atoms with van der Waals surface area (Å²) in [6.45, 7) is 4.67. The van der Waals surface area contributed by atoms with Crippen LogP contribution in [0.25, 0.3) is 0 Å². The van der Waals surface area contributed by atoms with Gasteiger partial charge in [0, 0.05) is 18.7 Å². The van der Waals surface area contributed by atoms with E-state index in [1.165, 1.54) is 12.1 Å². The zero-order valence-electron chi connectivity index (χ0n) is 16.4. The van der Waals surface area contributed by atoms with Crippen molar-refractivity contribution in [3.63, 3.8) is 0 Å². The van der Waals surface area contributed by atoms with Gasteiger partial charge in [0.1, 0.15) is 23.2 Å². The highest BCUT2D eigenvalue weighted by Crippen LogP contribution is 2.22. The van der Waals surface area contributed by atoms with Crippen LogP contribution >= 0.6 is 11.6 Å². The monoisotopic (exact) mass is 430 g/mol. The molecule has 1 aliphatic heterocycles. The lowest BCUT2D eigenvalue weighted by Gasteiger charge is -2.38. The molecule has 2 atom stereocenters. The Balaban J connectivity index is 1.94. The molecule has 10 heteroatoms. The molecule has 0 aromatic heterocycles. The molecule has 1 aromatic carbocycles. The molecule has 2 amide bonds. The minimum absolute atomic E-state index is 0.00675. The maximum absolute atomic E-state index is 13.4. The van der Waals surface area contributed by atoms with Crippen molar-refractivity contribution in [1.29, 1.82) is 0 Å². The number of aliphatic carboxylic acids is 1. The first-order valence-electron chi connectivity index (χ1n) is 9.06. The van der Waals surface area contributed by atoms with Gasteiger partial charge in [-0.25, -0.2) is 14.0 Å². The molecule has 0 bridgehead atoms. The van der Waals surface area contributed by atoms with E-state index in [1.54, 1.807) is 20.8 Å². The molecular weight excluding hydrogens is 407 g/mol. The number of nitrogens with zero attached hydrogens (tertiary/aromatic N) is 1. The average molecular weight is 431 g/mol. The fourth-order valence-corrected chi connectivity index (χ4v) is 2.97. The molecule has 160 valence electrons. The number of ether oxygens (including phenoxy) is 2. The molecule has 2 rings (SSSR count). The van der Waals surface area contributed by atoms with E-state index in [-0.39, 0.29) is 30.3 Å². The van der Waals surface area contributed by atoms with Crippen LogP contribution in [0, 0.1) is 5.82 Å². The number of piperidine rings is 1. The number of likely N-dealkylation sites (tertiary alicyclic amines) is 1. The molecule has 8 nitrogen and oxygen atoms in total. The first-order chi connectivity index (χ1) is 13.5. The molecule has 1 saturated heterocycles. The highest BCUT2D eigenvalue weighted by Gasteiger charge is 2.38. The van der Waals surface area contributed by atoms with Gasteiger partial charge in [-0.2, -0.15) is 0 Å². The topological polar surface area (TPSA) is 105 Å². The van der Waals surface area contributed by atoms with Crippen LogP contribution in [0.3, 0.4) is 0 Å². The SMILES string of the molecule is CC(C)(C)OC(=O)N1CC(NC(=O)COc2ccc(Cl)c(F)c2)CC[C@@H]1C(=O)O. The molecule has 29 heavy (non-hydrogen) atoms. The van der Waals surface area contributed by atoms with Gasteiger partial charge in [0.15, 0.2) is 6.61 Å². The second-order valence-corrected chi connectivity index (χ2v) is 8.10. The van der Waals surface area contributed by atoms with Crippen molar-refractivity contribution < 1.29 is 33.4 Å². The van der Waals surface area contributed by atoms with Crippen LogP contribution in [0.5, 0.6) is 5.75 Å². The summed E-state index contributed by atoms with van der Waals surface area (Å²) < 4.78 is 23.9. The Kier molecular flexibility index (Phi) is 7.29. The van der Waals surface area contributed by atoms with E-state index in [1.807, 2.05) is 0 Å². The van der Waals surface area contributed by atoms with Crippen LogP contribution in [-0.2, 0) is 14.3 Å². The first-order valence-corrected chi connectivity index (χ1v) is 9.43. The molecule has 0 radical (unpaired) electrons. The summed E-state index contributed by atoms with van der Waals surface area (Å²) >= 11 is 5.59. The van der Waals surface area contributed by atoms with Gasteiger partial charge in [0.25, 0.3) is 5.91 Å². The van der Waals surface area contributed by atoms with E-state index in [9.17, 15) is 23.9 Å². The van der Waals surface area contributed by atoms with Crippen molar-refractivity contribution in [3.05, 3.63) is 29.0 Å². The largest absolute Gasteiger partial charge is 0.484 e. The van der Waals surface area contributed by atoms with Gasteiger partial charge in [0.05, 0.1) is 5.02 Å². The van der Waals surface area contributed by atoms with Crippen LogP contribution in [0.1, 0.15) is 33.6 Å². The molecule has 1 fully saturated rings. The van der Waals surface area contributed by atoms with Crippen LogP contribution in [-0.4, -0.2) is 58.8 Å². The smallest absolute Gasteiger partial charge is 0.411 e. The van der Waals surface area contributed by atoms with Crippen LogP contribution < -0.4 is 10.1 Å². The Hall–Kier alpha value is -2.55. The number of rotatable bonds is 5. The second kappa shape index (κ2) is 9.30. The summed E-state index contributed by atoms with van der Waals surface area (Å²) in [6, 6.07) is 2.33. The molecule has 2 N–H and O–H groups in total. The first kappa shape index (κ1) is 22.7. The van der Waals surface area contributed by atoms with Crippen molar-refractivity contribution in [3.8, 4) is 5.75 Å². The fourth-order valence-electron chi connectivity index (χ4n) is 2.85. The number of nitrogens with one attached hydrogen (secondary N) is 1. The van der Waals surface area contributed by atoms with Crippen molar-refractivity contribution in [2.24, 2.45) is 0 Å². The summed E-state index contributed by atoms with van der Waals surface area (Å²) in [4.78, 5) is 37.1. The van der Waals surface area contributed by atoms with E-state index in [2.05, 4.69) is 5.32 Å². The van der Waals surface area contributed by atoms with Crippen molar-refractivity contribution >= 4 is 29.6 Å². The standard InChI is InChI=1S/C19H24ClFN2O6/c1-19(2,3)29-18(27)23-9-11(4-7-15(23)17(25)26)22-16(24)10-28-12-5-6-13(20)14(21)8-12/h5-6,8,11,15H,4,7,9-10H2,1-3H3,(H,22,24)(H,25,26)/t11?,15-/m1/s1. The van der Waals surface area contributed by atoms with Gasteiger partial charge in [-0.15, -0.1) is 0 Å². The second-order valence-electron chi connectivity index (χ2n) is 7.69. The predicted molar refractivity (Wildman–Crippen MR) is 102 cm³/mol. The number of carbonyl (C=O) groups excluding carboxylic acids is 2. The molecule has 1 heterocycles. The van der Waals surface area contributed by atoms with Gasteiger partial charge >= 0.3 is 12.1 Å². The summed E-state index contributed by atoms with van der Waals surface area (Å²) in [5.74, 6) is -2.13. The van der Waals surface area contributed by atoms with E-state index < -0.39 is 41.5 Å². The summed E-state index contributed by atoms with van der Waals surface area (Å²) in [5.41, 5.74) is -0.780. The van der Waals surface area contributed by atoms with Crippen molar-refractivity contribution in [2.75, 3.05) is 13.2 Å². The van der Waals surface area contributed by atoms with E-state index in [0.717, 1.165) is 11.0 Å². The maximum Gasteiger partial charge on any atom is 0.411 e. The highest BCUT2D eigenvalue weighted by molar-refractivity contribution is 6.30. The Labute approximate surface area is 172 Å². The number of carboxylic acids is 1. The Morgan fingerprint density at radius 1 is 1.31 bits per heavy atom. The third-order valence-corrected chi connectivity index (χ3v) is 4.43. The molecule has 0 aliphatic carbocycles. The van der Waals surface area contributed by atoms with Gasteiger partial charge in [-0.05, 0) is 45.7 Å². The zero-order chi connectivity index (χ0) is 21.8. The number of carboxylic acid groups (broad SMARTS) is 1. The van der Waals surface area contributed by atoms with E-state index in [0.29, 0.717) is 6.42 Å². The van der Waals surface area contributed by atoms with E-state index >= 15 is 0 Å². The molecule has 0 spiro atoms. The normalized spacial score (nSPS) is 19.4. The quantitative estimate of drug-likeness (QED) is 0.744. The number of hydrogen-bond acceptors (Lipinski definition) is 5. The van der Waals surface area contributed by atoms with Gasteiger partial charge in [-0.1, -0.05) is 11.6 Å². The Morgan fingerprint density at radius 3 is 2.59 bits per heavy atom. The minimum atomic E-state index is -1.13. The third-order valence-electron chi connectivity index (χ3n) is 4.12. The molecule has 0 saturated carbocycles. The van der Waals surface area contributed by atoms with Gasteiger partial charge in [-0.3, -0.25) is 9.69 Å². The lowest BCUT2D eigenvalue weighted by Crippen LogP contribution is -2.57. The summed E-state index contributed by atoms with van der Waals surface area (Å²) in [6.07, 6.45) is -0.211. The van der Waals surface area contributed by atoms with Crippen LogP contribution in [0.15, 0.2) is 18.2 Å². The molecular formula is C19H24ClFN2O6. The highest BCUT2D eigenvalue weighted by atomic mass is 35.5.